The number of hydrogen-bond acceptors (Lipinski definition) is 7. The highest BCUT2D eigenvalue weighted by atomic mass is 16.7. The van der Waals surface area contributed by atoms with Gasteiger partial charge in [-0.2, -0.15) is 0 Å². The number of aliphatic hydroxyl groups is 5. The summed E-state index contributed by atoms with van der Waals surface area (Å²) in [6.45, 7) is 0.552. The van der Waals surface area contributed by atoms with Crippen molar-refractivity contribution in [2.24, 2.45) is 5.41 Å². The van der Waals surface area contributed by atoms with E-state index in [0.717, 1.165) is 0 Å². The third kappa shape index (κ3) is 0.885. The van der Waals surface area contributed by atoms with Gasteiger partial charge in [-0.25, -0.2) is 0 Å². The first kappa shape index (κ1) is 11.9. The molecule has 7 heteroatoms. The maximum atomic E-state index is 10.8. The number of rotatable bonds is 3. The predicted octanol–water partition coefficient (Wildman–Crippen LogP) is -3.26. The predicted molar refractivity (Wildman–Crippen MR) is 48.0 cm³/mol. The van der Waals surface area contributed by atoms with Crippen molar-refractivity contribution in [1.29, 1.82) is 0 Å². The number of fused-ring (bicyclic) bond motifs is 1. The number of ether oxygens (including phenoxy) is 1. The zero-order chi connectivity index (χ0) is 12.4. The van der Waals surface area contributed by atoms with E-state index in [0.29, 0.717) is 6.29 Å². The summed E-state index contributed by atoms with van der Waals surface area (Å²) >= 11 is 0. The molecule has 0 aromatic heterocycles. The highest BCUT2D eigenvalue weighted by molar-refractivity contribution is 5.73. The zero-order valence-electron chi connectivity index (χ0n) is 8.57. The molecule has 5 N–H and O–H groups in total. The third-order valence-corrected chi connectivity index (χ3v) is 3.80. The van der Waals surface area contributed by atoms with Crippen molar-refractivity contribution < 1.29 is 35.1 Å². The van der Waals surface area contributed by atoms with Gasteiger partial charge in [0.25, 0.3) is 0 Å². The Bertz CT molecular complexity index is 334. The second-order valence-electron chi connectivity index (χ2n) is 4.51. The molecule has 1 saturated heterocycles. The number of aliphatic hydroxyl groups excluding tert-OH is 3. The lowest BCUT2D eigenvalue weighted by Crippen LogP contribution is -2.47. The Labute approximate surface area is 90.9 Å². The molecule has 16 heavy (non-hydrogen) atoms. The second kappa shape index (κ2) is 3.00. The summed E-state index contributed by atoms with van der Waals surface area (Å²) in [6, 6.07) is 0. The van der Waals surface area contributed by atoms with Gasteiger partial charge in [0.05, 0.1) is 6.61 Å². The van der Waals surface area contributed by atoms with Gasteiger partial charge in [0.15, 0.2) is 5.60 Å². The van der Waals surface area contributed by atoms with Crippen LogP contribution in [0, 0.1) is 5.41 Å². The lowest BCUT2D eigenvalue weighted by molar-refractivity contribution is -0.198. The molecule has 0 amide bonds. The first-order valence-electron chi connectivity index (χ1n) is 4.86. The van der Waals surface area contributed by atoms with Gasteiger partial charge in [-0.3, -0.25) is 0 Å². The van der Waals surface area contributed by atoms with Gasteiger partial charge in [-0.1, -0.05) is 0 Å². The van der Waals surface area contributed by atoms with E-state index in [1.165, 1.54) is 6.92 Å². The number of hydrogen-bond donors (Lipinski definition) is 5. The van der Waals surface area contributed by atoms with E-state index in [9.17, 15) is 25.2 Å². The van der Waals surface area contributed by atoms with Gasteiger partial charge >= 0.3 is 0 Å². The van der Waals surface area contributed by atoms with E-state index in [-0.39, 0.29) is 0 Å². The van der Waals surface area contributed by atoms with Crippen LogP contribution in [0.15, 0.2) is 0 Å². The van der Waals surface area contributed by atoms with Gasteiger partial charge in [-0.05, 0) is 6.92 Å². The normalized spacial score (nSPS) is 56.9. The minimum atomic E-state index is -2.21. The molecule has 1 unspecified atom stereocenters. The van der Waals surface area contributed by atoms with Crippen molar-refractivity contribution in [2.75, 3.05) is 6.61 Å². The maximum Gasteiger partial charge on any atom is 0.214 e. The van der Waals surface area contributed by atoms with Crippen LogP contribution in [0.25, 0.3) is 0 Å². The molecule has 92 valence electrons. The lowest BCUT2D eigenvalue weighted by atomic mass is 9.95. The molecule has 2 fully saturated rings. The number of carbonyl (C=O) groups is 1. The first-order valence-corrected chi connectivity index (χ1v) is 4.86. The summed E-state index contributed by atoms with van der Waals surface area (Å²) in [5.41, 5.74) is -3.76. The molecule has 1 aliphatic heterocycles. The van der Waals surface area contributed by atoms with Crippen molar-refractivity contribution in [3.63, 3.8) is 0 Å². The van der Waals surface area contributed by atoms with Gasteiger partial charge < -0.3 is 35.1 Å². The average molecular weight is 234 g/mol. The number of carbonyl (C=O) groups excluding carboxylic acids is 1. The summed E-state index contributed by atoms with van der Waals surface area (Å²) in [5.74, 6) is -2.21. The molecule has 0 bridgehead atoms. The van der Waals surface area contributed by atoms with Crippen molar-refractivity contribution in [2.45, 2.75) is 36.6 Å². The van der Waals surface area contributed by atoms with Crippen molar-refractivity contribution in [3.8, 4) is 0 Å². The van der Waals surface area contributed by atoms with Crippen LogP contribution in [0.5, 0.6) is 0 Å². The Balaban J connectivity index is 2.30. The van der Waals surface area contributed by atoms with E-state index >= 15 is 0 Å². The Morgan fingerprint density at radius 3 is 2.38 bits per heavy atom. The fourth-order valence-electron chi connectivity index (χ4n) is 2.48. The molecular formula is C9H14O7. The first-order chi connectivity index (χ1) is 7.30. The van der Waals surface area contributed by atoms with Crippen LogP contribution in [0.1, 0.15) is 6.92 Å². The van der Waals surface area contributed by atoms with Crippen molar-refractivity contribution in [3.05, 3.63) is 0 Å². The summed E-state index contributed by atoms with van der Waals surface area (Å²) in [5, 5.41) is 47.6. The lowest BCUT2D eigenvalue weighted by Gasteiger charge is -2.26. The van der Waals surface area contributed by atoms with Crippen LogP contribution in [0.2, 0.25) is 0 Å². The van der Waals surface area contributed by atoms with Gasteiger partial charge in [0.1, 0.15) is 30.0 Å². The van der Waals surface area contributed by atoms with Crippen LogP contribution in [-0.2, 0) is 9.53 Å². The molecule has 1 heterocycles. The molecular weight excluding hydrogens is 220 g/mol. The Kier molecular flexibility index (Phi) is 2.24. The molecule has 2 rings (SSSR count). The molecule has 0 spiro atoms. The molecule has 0 aromatic rings. The summed E-state index contributed by atoms with van der Waals surface area (Å²) in [7, 11) is 0. The maximum absolute atomic E-state index is 10.8. The molecule has 0 aromatic carbocycles. The van der Waals surface area contributed by atoms with Gasteiger partial charge in [0, 0.05) is 0 Å². The zero-order valence-corrected chi connectivity index (χ0v) is 8.57. The van der Waals surface area contributed by atoms with Crippen LogP contribution < -0.4 is 0 Å². The number of aldehydes is 1. The average Bonchev–Trinajstić information content (AvgIpc) is 2.53. The quantitative estimate of drug-likeness (QED) is 0.324. The monoisotopic (exact) mass is 234 g/mol. The van der Waals surface area contributed by atoms with Crippen LogP contribution in [-0.4, -0.2) is 68.1 Å². The van der Waals surface area contributed by atoms with Crippen LogP contribution >= 0.6 is 0 Å². The molecule has 2 aliphatic rings. The van der Waals surface area contributed by atoms with E-state index in [4.69, 9.17) is 9.84 Å². The minimum absolute atomic E-state index is 0.303. The third-order valence-electron chi connectivity index (χ3n) is 3.80. The SMILES string of the molecule is CC1(C=O)[C@]2(O)[C@@H](O)[C@H]([C@H](O)CO)O[C@]12O. The fourth-order valence-corrected chi connectivity index (χ4v) is 2.48. The highest BCUT2D eigenvalue weighted by Gasteiger charge is 2.95. The van der Waals surface area contributed by atoms with Crippen LogP contribution in [0.3, 0.4) is 0 Å². The topological polar surface area (TPSA) is 127 Å². The van der Waals surface area contributed by atoms with E-state index in [2.05, 4.69) is 0 Å². The van der Waals surface area contributed by atoms with Crippen molar-refractivity contribution in [1.82, 2.24) is 0 Å². The highest BCUT2D eigenvalue weighted by Crippen LogP contribution is 2.70. The fraction of sp³-hybridized carbons (Fsp3) is 0.889. The van der Waals surface area contributed by atoms with Gasteiger partial charge in [-0.15, -0.1) is 0 Å². The molecule has 0 radical (unpaired) electrons. The Hall–Kier alpha value is -0.570. The Morgan fingerprint density at radius 1 is 1.50 bits per heavy atom. The van der Waals surface area contributed by atoms with E-state index < -0.39 is 41.7 Å². The molecule has 6 atom stereocenters. The summed E-state index contributed by atoms with van der Waals surface area (Å²) < 4.78 is 4.91. The summed E-state index contributed by atoms with van der Waals surface area (Å²) in [4.78, 5) is 10.8. The van der Waals surface area contributed by atoms with Crippen LogP contribution in [0.4, 0.5) is 0 Å². The Morgan fingerprint density at radius 2 is 2.06 bits per heavy atom. The van der Waals surface area contributed by atoms with E-state index in [1.807, 2.05) is 0 Å². The minimum Gasteiger partial charge on any atom is -0.394 e. The standard InChI is InChI=1S/C9H14O7/c1-7(3-11)8(14)6(13)5(4(12)2-10)16-9(7,8)15/h3-6,10,12-15H,2H2,1H3/t4-,5+,6+,7?,8-,9-/m1/s1. The molecule has 1 saturated carbocycles. The molecule has 7 nitrogen and oxygen atoms in total. The largest absolute Gasteiger partial charge is 0.394 e. The smallest absolute Gasteiger partial charge is 0.214 e. The van der Waals surface area contributed by atoms with Gasteiger partial charge in [0.2, 0.25) is 5.79 Å². The van der Waals surface area contributed by atoms with E-state index in [1.54, 1.807) is 0 Å². The summed E-state index contributed by atoms with van der Waals surface area (Å²) in [6.07, 6.45) is -4.10. The molecule has 1 aliphatic carbocycles. The second-order valence-corrected chi connectivity index (χ2v) is 4.51. The van der Waals surface area contributed by atoms with Crippen molar-refractivity contribution >= 4 is 6.29 Å².